The summed E-state index contributed by atoms with van der Waals surface area (Å²) >= 11 is 0. The Hall–Kier alpha value is -0.670. The smallest absolute Gasteiger partial charge is 0.327 e. The van der Waals surface area contributed by atoms with Crippen molar-refractivity contribution in [2.24, 2.45) is 17.3 Å². The summed E-state index contributed by atoms with van der Waals surface area (Å²) in [5.41, 5.74) is -0.169. The molecule has 0 aromatic carbocycles. The standard InChI is InChI=1S/C14H23F2NO/c1-13(2,3)11(8-9-4-5-9)17-12(18)14(15,16)10-6-7-10/h9-11H,4-8H2,1-3H3,(H,17,18). The first-order valence-electron chi connectivity index (χ1n) is 6.90. The second kappa shape index (κ2) is 4.46. The predicted molar refractivity (Wildman–Crippen MR) is 66.4 cm³/mol. The van der Waals surface area contributed by atoms with Gasteiger partial charge in [0.15, 0.2) is 0 Å². The van der Waals surface area contributed by atoms with Gasteiger partial charge in [-0.3, -0.25) is 4.79 Å². The lowest BCUT2D eigenvalue weighted by molar-refractivity contribution is -0.150. The minimum Gasteiger partial charge on any atom is -0.348 e. The van der Waals surface area contributed by atoms with E-state index in [1.54, 1.807) is 0 Å². The highest BCUT2D eigenvalue weighted by Crippen LogP contribution is 2.44. The molecule has 4 heteroatoms. The molecule has 0 radical (unpaired) electrons. The van der Waals surface area contributed by atoms with Crippen molar-refractivity contribution in [3.8, 4) is 0 Å². The maximum atomic E-state index is 13.7. The third-order valence-corrected chi connectivity index (χ3v) is 4.01. The molecule has 2 aliphatic rings. The monoisotopic (exact) mass is 259 g/mol. The molecule has 0 aliphatic heterocycles. The summed E-state index contributed by atoms with van der Waals surface area (Å²) in [7, 11) is 0. The molecule has 1 amide bonds. The van der Waals surface area contributed by atoms with Crippen LogP contribution in [0.15, 0.2) is 0 Å². The summed E-state index contributed by atoms with van der Waals surface area (Å²) in [5.74, 6) is -4.35. The van der Waals surface area contributed by atoms with Gasteiger partial charge in [0, 0.05) is 12.0 Å². The molecule has 1 atom stereocenters. The minimum atomic E-state index is -3.17. The Balaban J connectivity index is 1.96. The predicted octanol–water partition coefficient (Wildman–Crippen LogP) is 3.36. The second-order valence-corrected chi connectivity index (χ2v) is 6.97. The lowest BCUT2D eigenvalue weighted by atomic mass is 9.83. The van der Waals surface area contributed by atoms with Gasteiger partial charge >= 0.3 is 5.92 Å². The van der Waals surface area contributed by atoms with Gasteiger partial charge < -0.3 is 5.32 Å². The van der Waals surface area contributed by atoms with Gasteiger partial charge in [-0.25, -0.2) is 0 Å². The summed E-state index contributed by atoms with van der Waals surface area (Å²) in [6, 6.07) is -0.151. The molecule has 1 N–H and O–H groups in total. The number of amides is 1. The Bertz CT molecular complexity index is 327. The summed E-state index contributed by atoms with van der Waals surface area (Å²) in [4.78, 5) is 11.7. The zero-order chi connectivity index (χ0) is 13.6. The van der Waals surface area contributed by atoms with E-state index < -0.39 is 17.7 Å². The minimum absolute atomic E-state index is 0.151. The van der Waals surface area contributed by atoms with Crippen molar-refractivity contribution in [2.45, 2.75) is 64.8 Å². The van der Waals surface area contributed by atoms with Gasteiger partial charge in [-0.05, 0) is 30.6 Å². The van der Waals surface area contributed by atoms with E-state index in [0.717, 1.165) is 6.42 Å². The molecule has 0 spiro atoms. The fourth-order valence-electron chi connectivity index (χ4n) is 2.20. The van der Waals surface area contributed by atoms with E-state index >= 15 is 0 Å². The van der Waals surface area contributed by atoms with Crippen LogP contribution < -0.4 is 5.32 Å². The van der Waals surface area contributed by atoms with E-state index in [1.165, 1.54) is 12.8 Å². The lowest BCUT2D eigenvalue weighted by Gasteiger charge is -2.33. The maximum Gasteiger partial charge on any atom is 0.327 e. The Morgan fingerprint density at radius 2 is 1.78 bits per heavy atom. The fraction of sp³-hybridized carbons (Fsp3) is 0.929. The number of carbonyl (C=O) groups excluding carboxylic acids is 1. The molecular formula is C14H23F2NO. The molecule has 0 saturated heterocycles. The highest BCUT2D eigenvalue weighted by Gasteiger charge is 2.53. The van der Waals surface area contributed by atoms with Crippen molar-refractivity contribution < 1.29 is 13.6 Å². The van der Waals surface area contributed by atoms with E-state index in [9.17, 15) is 13.6 Å². The molecule has 2 aliphatic carbocycles. The van der Waals surface area contributed by atoms with Crippen LogP contribution in [0.3, 0.4) is 0 Å². The van der Waals surface area contributed by atoms with Crippen LogP contribution in [-0.2, 0) is 4.79 Å². The topological polar surface area (TPSA) is 29.1 Å². The van der Waals surface area contributed by atoms with Crippen LogP contribution in [0.2, 0.25) is 0 Å². The van der Waals surface area contributed by atoms with Crippen LogP contribution in [0.4, 0.5) is 8.78 Å². The third kappa shape index (κ3) is 3.21. The van der Waals surface area contributed by atoms with E-state index in [0.29, 0.717) is 18.8 Å². The highest BCUT2D eigenvalue weighted by molar-refractivity contribution is 5.84. The molecule has 2 nitrogen and oxygen atoms in total. The van der Waals surface area contributed by atoms with Gasteiger partial charge in [0.2, 0.25) is 0 Å². The first-order valence-corrected chi connectivity index (χ1v) is 6.90. The number of halogens is 2. The van der Waals surface area contributed by atoms with Gasteiger partial charge in [0.05, 0.1) is 0 Å². The zero-order valence-corrected chi connectivity index (χ0v) is 11.4. The van der Waals surface area contributed by atoms with Gasteiger partial charge in [-0.15, -0.1) is 0 Å². The molecule has 1 unspecified atom stereocenters. The number of alkyl halides is 2. The van der Waals surface area contributed by atoms with Crippen LogP contribution in [0.25, 0.3) is 0 Å². The van der Waals surface area contributed by atoms with Gasteiger partial charge in [0.25, 0.3) is 5.91 Å². The van der Waals surface area contributed by atoms with Crippen LogP contribution in [0.5, 0.6) is 0 Å². The molecule has 2 fully saturated rings. The molecule has 2 rings (SSSR count). The van der Waals surface area contributed by atoms with Crippen molar-refractivity contribution in [2.75, 3.05) is 0 Å². The molecule has 0 heterocycles. The molecule has 104 valence electrons. The molecule has 0 aromatic rings. The van der Waals surface area contributed by atoms with Crippen molar-refractivity contribution in [1.29, 1.82) is 0 Å². The highest BCUT2D eigenvalue weighted by atomic mass is 19.3. The Morgan fingerprint density at radius 3 is 2.17 bits per heavy atom. The van der Waals surface area contributed by atoms with Crippen LogP contribution in [0, 0.1) is 17.3 Å². The van der Waals surface area contributed by atoms with Gasteiger partial charge in [-0.2, -0.15) is 8.78 Å². The third-order valence-electron chi connectivity index (χ3n) is 4.01. The zero-order valence-electron chi connectivity index (χ0n) is 11.4. The van der Waals surface area contributed by atoms with Crippen LogP contribution in [0.1, 0.15) is 52.9 Å². The van der Waals surface area contributed by atoms with Gasteiger partial charge in [-0.1, -0.05) is 33.6 Å². The summed E-state index contributed by atoms with van der Waals surface area (Å²) in [6.45, 7) is 5.99. The maximum absolute atomic E-state index is 13.7. The lowest BCUT2D eigenvalue weighted by Crippen LogP contribution is -2.51. The average Bonchev–Trinajstić information content (AvgIpc) is 3.09. The number of hydrogen-bond donors (Lipinski definition) is 1. The number of nitrogens with one attached hydrogen (secondary N) is 1. The summed E-state index contributed by atoms with van der Waals surface area (Å²) < 4.78 is 27.4. The first-order chi connectivity index (χ1) is 8.21. The van der Waals surface area contributed by atoms with Crippen LogP contribution >= 0.6 is 0 Å². The first kappa shape index (κ1) is 13.8. The van der Waals surface area contributed by atoms with E-state index in [-0.39, 0.29) is 11.5 Å². The molecular weight excluding hydrogens is 236 g/mol. The molecule has 0 aromatic heterocycles. The number of carbonyl (C=O) groups is 1. The Labute approximate surface area is 108 Å². The Morgan fingerprint density at radius 1 is 1.22 bits per heavy atom. The van der Waals surface area contributed by atoms with Crippen molar-refractivity contribution in [3.63, 3.8) is 0 Å². The van der Waals surface area contributed by atoms with Crippen molar-refractivity contribution in [1.82, 2.24) is 5.32 Å². The number of hydrogen-bond acceptors (Lipinski definition) is 1. The van der Waals surface area contributed by atoms with E-state index in [1.807, 2.05) is 20.8 Å². The quantitative estimate of drug-likeness (QED) is 0.806. The molecule has 2 saturated carbocycles. The molecule has 18 heavy (non-hydrogen) atoms. The van der Waals surface area contributed by atoms with E-state index in [4.69, 9.17) is 0 Å². The molecule has 0 bridgehead atoms. The van der Waals surface area contributed by atoms with Crippen molar-refractivity contribution in [3.05, 3.63) is 0 Å². The second-order valence-electron chi connectivity index (χ2n) is 6.97. The van der Waals surface area contributed by atoms with E-state index in [2.05, 4.69) is 5.32 Å². The normalized spacial score (nSPS) is 22.7. The van der Waals surface area contributed by atoms with Gasteiger partial charge in [0.1, 0.15) is 0 Å². The average molecular weight is 259 g/mol. The SMILES string of the molecule is CC(C)(C)C(CC1CC1)NC(=O)C(F)(F)C1CC1. The summed E-state index contributed by atoms with van der Waals surface area (Å²) in [6.07, 6.45) is 4.12. The van der Waals surface area contributed by atoms with Crippen LogP contribution in [-0.4, -0.2) is 17.9 Å². The van der Waals surface area contributed by atoms with Crippen molar-refractivity contribution >= 4 is 5.91 Å². The largest absolute Gasteiger partial charge is 0.348 e. The Kier molecular flexibility index (Phi) is 3.41. The summed E-state index contributed by atoms with van der Waals surface area (Å²) in [5, 5.41) is 2.60. The number of rotatable bonds is 5. The fourth-order valence-corrected chi connectivity index (χ4v) is 2.20.